The monoisotopic (exact) mass is 744 g/mol. The summed E-state index contributed by atoms with van der Waals surface area (Å²) in [5.74, 6) is 0.925. The molecule has 14 heteroatoms. The molecule has 0 bridgehead atoms. The zero-order valence-corrected chi connectivity index (χ0v) is 34.2. The quantitative estimate of drug-likeness (QED) is 0.120. The number of hydrogen-bond acceptors (Lipinski definition) is 7. The molecule has 3 heterocycles. The third-order valence-electron chi connectivity index (χ3n) is 11.1. The number of morpholine rings is 1. The molecular formula is C37H58F2N6O4Si2. The minimum atomic E-state index is -2.80. The molecule has 51 heavy (non-hydrogen) atoms. The predicted molar refractivity (Wildman–Crippen MR) is 203 cm³/mol. The van der Waals surface area contributed by atoms with E-state index < -0.39 is 28.6 Å². The topological polar surface area (TPSA) is 86.9 Å². The number of hydrogen-bond donors (Lipinski definition) is 0. The molecule has 2 aromatic heterocycles. The number of amides is 1. The molecule has 1 aromatic carbocycles. The molecule has 10 nitrogen and oxygen atoms in total. The van der Waals surface area contributed by atoms with E-state index in [1.807, 2.05) is 22.2 Å². The number of imidazole rings is 1. The number of alkyl halides is 2. The minimum absolute atomic E-state index is 0.139. The summed E-state index contributed by atoms with van der Waals surface area (Å²) in [6.45, 7) is 22.3. The molecule has 1 saturated heterocycles. The van der Waals surface area contributed by atoms with Crippen molar-refractivity contribution >= 4 is 38.8 Å². The summed E-state index contributed by atoms with van der Waals surface area (Å²) >= 11 is 0. The van der Waals surface area contributed by atoms with Crippen molar-refractivity contribution in [2.75, 3.05) is 51.5 Å². The first kappa shape index (κ1) is 38.2. The highest BCUT2D eigenvalue weighted by atomic mass is 28.3. The zero-order valence-electron chi connectivity index (χ0n) is 32.2. The smallest absolute Gasteiger partial charge is 0.266 e. The lowest BCUT2D eigenvalue weighted by Crippen LogP contribution is -2.50. The second-order valence-electron chi connectivity index (χ2n) is 17.7. The van der Waals surface area contributed by atoms with Crippen molar-refractivity contribution in [3.8, 4) is 11.5 Å². The predicted octanol–water partition coefficient (Wildman–Crippen LogP) is 7.27. The summed E-state index contributed by atoms with van der Waals surface area (Å²) in [6, 6.07) is 4.84. The summed E-state index contributed by atoms with van der Waals surface area (Å²) in [7, 11) is -0.987. The lowest BCUT2D eigenvalue weighted by Gasteiger charge is -2.33. The molecule has 1 amide bonds. The van der Waals surface area contributed by atoms with Gasteiger partial charge in [0.1, 0.15) is 19.2 Å². The maximum absolute atomic E-state index is 15.0. The first-order chi connectivity index (χ1) is 24.0. The molecule has 1 unspecified atom stereocenters. The molecule has 1 aliphatic heterocycles. The van der Waals surface area contributed by atoms with Crippen LogP contribution in [0.15, 0.2) is 12.1 Å². The maximum atomic E-state index is 15.0. The van der Waals surface area contributed by atoms with Crippen LogP contribution < -0.4 is 4.90 Å². The van der Waals surface area contributed by atoms with E-state index in [-0.39, 0.29) is 29.1 Å². The molecule has 3 atom stereocenters. The van der Waals surface area contributed by atoms with Crippen LogP contribution in [0.25, 0.3) is 22.6 Å². The van der Waals surface area contributed by atoms with Gasteiger partial charge in [-0.2, -0.15) is 5.10 Å². The van der Waals surface area contributed by atoms with Crippen molar-refractivity contribution in [3.63, 3.8) is 0 Å². The lowest BCUT2D eigenvalue weighted by molar-refractivity contribution is -0.124. The van der Waals surface area contributed by atoms with Gasteiger partial charge in [0.15, 0.2) is 5.82 Å². The van der Waals surface area contributed by atoms with E-state index >= 15 is 0 Å². The minimum Gasteiger partial charge on any atom is -0.379 e. The molecule has 0 N–H and O–H groups in total. The average molecular weight is 745 g/mol. The van der Waals surface area contributed by atoms with Crippen LogP contribution in [-0.4, -0.2) is 98.9 Å². The van der Waals surface area contributed by atoms with Gasteiger partial charge in [-0.05, 0) is 61.7 Å². The van der Waals surface area contributed by atoms with E-state index in [0.717, 1.165) is 42.6 Å². The Kier molecular flexibility index (Phi) is 11.0. The van der Waals surface area contributed by atoms with Crippen LogP contribution in [0.3, 0.4) is 0 Å². The molecule has 3 aliphatic rings. The van der Waals surface area contributed by atoms with E-state index in [1.54, 1.807) is 7.05 Å². The molecule has 0 spiro atoms. The van der Waals surface area contributed by atoms with Gasteiger partial charge in [0.05, 0.1) is 30.3 Å². The maximum Gasteiger partial charge on any atom is 0.266 e. The highest BCUT2D eigenvalue weighted by molar-refractivity contribution is 6.76. The Balaban J connectivity index is 1.42. The molecule has 0 radical (unpaired) electrons. The zero-order chi connectivity index (χ0) is 36.9. The van der Waals surface area contributed by atoms with Gasteiger partial charge in [-0.3, -0.25) is 14.3 Å². The van der Waals surface area contributed by atoms with Gasteiger partial charge in [0.25, 0.3) is 6.43 Å². The highest BCUT2D eigenvalue weighted by Gasteiger charge is 2.54. The second kappa shape index (κ2) is 14.7. The standard InChI is InChI=1S/C37H58F2N6O4Si2/c1-25(43-10-12-47-13-11-43)36(46)42(3)27-19-29(34(38)39)32-30(20-27)44(23-48-14-16-50(4,5)6)35(40-32)33-28-18-26-21-37(26,2)22-31(28)45(41-33)24-49-15-17-51(7,8)9/h19-20,25-26,34H,10-18,21-24H2,1-9H3/t25?,26-,37-/m1/s1. The normalized spacial score (nSPS) is 21.6. The molecule has 1 saturated carbocycles. The second-order valence-corrected chi connectivity index (χ2v) is 28.9. The third-order valence-corrected chi connectivity index (χ3v) is 14.5. The Morgan fingerprint density at radius 3 is 2.33 bits per heavy atom. The first-order valence-corrected chi connectivity index (χ1v) is 26.0. The van der Waals surface area contributed by atoms with Crippen molar-refractivity contribution in [1.82, 2.24) is 24.2 Å². The van der Waals surface area contributed by atoms with Crippen LogP contribution in [0, 0.1) is 11.3 Å². The summed E-state index contributed by atoms with van der Waals surface area (Å²) < 4.78 is 51.8. The average Bonchev–Trinajstić information content (AvgIpc) is 3.43. The van der Waals surface area contributed by atoms with Crippen LogP contribution in [0.5, 0.6) is 0 Å². The number of likely N-dealkylation sites (N-methyl/N-ethyl adjacent to an activating group) is 1. The Bertz CT molecular complexity index is 1730. The first-order valence-electron chi connectivity index (χ1n) is 18.6. The van der Waals surface area contributed by atoms with Crippen molar-refractivity contribution in [2.45, 2.75) is 110 Å². The number of carbonyl (C=O) groups excluding carboxylic acids is 1. The van der Waals surface area contributed by atoms with Crippen LogP contribution in [0.2, 0.25) is 51.4 Å². The van der Waals surface area contributed by atoms with Crippen molar-refractivity contribution in [2.24, 2.45) is 11.3 Å². The largest absolute Gasteiger partial charge is 0.379 e. The van der Waals surface area contributed by atoms with E-state index in [2.05, 4.69) is 51.1 Å². The Hall–Kier alpha value is -2.50. The number of benzene rings is 1. The Morgan fingerprint density at radius 1 is 1.06 bits per heavy atom. The number of halogens is 2. The van der Waals surface area contributed by atoms with Gasteiger partial charge >= 0.3 is 0 Å². The van der Waals surface area contributed by atoms with Gasteiger partial charge in [0.2, 0.25) is 5.91 Å². The highest BCUT2D eigenvalue weighted by Crippen LogP contribution is 2.60. The number of fused-ring (bicyclic) bond motifs is 3. The molecule has 2 aliphatic carbocycles. The fraction of sp³-hybridized carbons (Fsp3) is 0.703. The van der Waals surface area contributed by atoms with Crippen LogP contribution in [-0.2, 0) is 45.3 Å². The fourth-order valence-electron chi connectivity index (χ4n) is 7.40. The molecule has 3 aromatic rings. The summed E-state index contributed by atoms with van der Waals surface area (Å²) in [6.07, 6.45) is 0.148. The van der Waals surface area contributed by atoms with Crippen molar-refractivity contribution in [1.29, 1.82) is 0 Å². The third kappa shape index (κ3) is 8.51. The Morgan fingerprint density at radius 2 is 1.71 bits per heavy atom. The lowest BCUT2D eigenvalue weighted by atomic mass is 9.87. The van der Waals surface area contributed by atoms with E-state index in [1.165, 1.54) is 11.0 Å². The number of nitrogens with zero attached hydrogens (tertiary/aromatic N) is 6. The number of ether oxygens (including phenoxy) is 3. The van der Waals surface area contributed by atoms with Crippen molar-refractivity contribution in [3.05, 3.63) is 29.0 Å². The van der Waals surface area contributed by atoms with E-state index in [0.29, 0.717) is 74.9 Å². The fourth-order valence-corrected chi connectivity index (χ4v) is 8.91. The van der Waals surface area contributed by atoms with Crippen LogP contribution in [0.1, 0.15) is 43.5 Å². The summed E-state index contributed by atoms with van der Waals surface area (Å²) in [5.41, 5.74) is 4.17. The molecule has 2 fully saturated rings. The summed E-state index contributed by atoms with van der Waals surface area (Å²) in [5, 5.41) is 5.14. The number of anilines is 1. The van der Waals surface area contributed by atoms with E-state index in [9.17, 15) is 13.6 Å². The summed E-state index contributed by atoms with van der Waals surface area (Å²) in [4.78, 5) is 22.3. The van der Waals surface area contributed by atoms with Gasteiger partial charge in [-0.15, -0.1) is 0 Å². The van der Waals surface area contributed by atoms with Crippen LogP contribution in [0.4, 0.5) is 14.5 Å². The van der Waals surface area contributed by atoms with Gasteiger partial charge < -0.3 is 19.1 Å². The SMILES string of the molecule is CC(C(=O)N(C)c1cc(C(F)F)c2nc(-c3nn(COCC[Si](C)(C)C)c4c3C[C@@H]3C[C@]3(C)C4)n(COCC[Si](C)(C)C)c2c1)N1CCOCC1. The Labute approximate surface area is 303 Å². The van der Waals surface area contributed by atoms with Gasteiger partial charge in [-0.25, -0.2) is 18.4 Å². The van der Waals surface area contributed by atoms with Gasteiger partial charge in [0, 0.05) is 72.0 Å². The van der Waals surface area contributed by atoms with Gasteiger partial charge in [-0.1, -0.05) is 46.2 Å². The number of rotatable bonds is 15. The number of carbonyl (C=O) groups is 1. The van der Waals surface area contributed by atoms with Crippen LogP contribution >= 0.6 is 0 Å². The molecular weight excluding hydrogens is 687 g/mol. The van der Waals surface area contributed by atoms with E-state index in [4.69, 9.17) is 24.3 Å². The number of aromatic nitrogens is 4. The molecule has 282 valence electrons. The molecule has 6 rings (SSSR count). The van der Waals surface area contributed by atoms with Crippen molar-refractivity contribution < 1.29 is 27.8 Å².